The van der Waals surface area contributed by atoms with Crippen LogP contribution in [0.25, 0.3) is 0 Å². The molecule has 27 heavy (non-hydrogen) atoms. The summed E-state index contributed by atoms with van der Waals surface area (Å²) in [5.41, 5.74) is 1.93. The monoisotopic (exact) mass is 386 g/mol. The largest absolute Gasteiger partial charge is 0.382 e. The van der Waals surface area contributed by atoms with E-state index in [2.05, 4.69) is 15.6 Å². The molecule has 2 aromatic rings. The zero-order valence-electron chi connectivity index (χ0n) is 15.0. The van der Waals surface area contributed by atoms with Crippen molar-refractivity contribution in [1.29, 1.82) is 0 Å². The summed E-state index contributed by atoms with van der Waals surface area (Å²) in [6.07, 6.45) is 4.45. The predicted molar refractivity (Wildman–Crippen MR) is 105 cm³/mol. The van der Waals surface area contributed by atoms with Crippen molar-refractivity contribution in [2.75, 3.05) is 25.0 Å². The van der Waals surface area contributed by atoms with E-state index < -0.39 is 0 Å². The van der Waals surface area contributed by atoms with Crippen LogP contribution >= 0.6 is 11.6 Å². The van der Waals surface area contributed by atoms with Gasteiger partial charge in [0.15, 0.2) is 0 Å². The van der Waals surface area contributed by atoms with Crippen LogP contribution in [0.15, 0.2) is 48.8 Å². The molecule has 1 aliphatic rings. The van der Waals surface area contributed by atoms with E-state index >= 15 is 0 Å². The zero-order chi connectivity index (χ0) is 19.1. The minimum atomic E-state index is -0.173. The second kappa shape index (κ2) is 9.37. The van der Waals surface area contributed by atoms with Crippen molar-refractivity contribution in [1.82, 2.24) is 15.2 Å². The number of amides is 2. The molecule has 1 aromatic heterocycles. The smallest absolute Gasteiger partial charge is 0.224 e. The molecule has 0 radical (unpaired) electrons. The summed E-state index contributed by atoms with van der Waals surface area (Å²) in [7, 11) is 0. The van der Waals surface area contributed by atoms with Crippen LogP contribution in [0.5, 0.6) is 0 Å². The summed E-state index contributed by atoms with van der Waals surface area (Å²) >= 11 is 5.91. The van der Waals surface area contributed by atoms with Gasteiger partial charge in [0, 0.05) is 50.0 Å². The number of nitrogens with zero attached hydrogens (tertiary/aromatic N) is 2. The van der Waals surface area contributed by atoms with Crippen LogP contribution in [-0.4, -0.2) is 41.3 Å². The summed E-state index contributed by atoms with van der Waals surface area (Å²) in [6, 6.07) is 11.2. The van der Waals surface area contributed by atoms with E-state index in [0.29, 0.717) is 44.0 Å². The van der Waals surface area contributed by atoms with Gasteiger partial charge in [0.1, 0.15) is 0 Å². The fourth-order valence-corrected chi connectivity index (χ4v) is 3.22. The number of nitrogens with one attached hydrogen (secondary N) is 2. The van der Waals surface area contributed by atoms with Gasteiger partial charge in [-0.05, 0) is 36.2 Å². The fourth-order valence-electron chi connectivity index (χ4n) is 3.10. The van der Waals surface area contributed by atoms with Gasteiger partial charge in [0.2, 0.25) is 11.8 Å². The number of hydrogen-bond donors (Lipinski definition) is 2. The second-order valence-electron chi connectivity index (χ2n) is 6.60. The van der Waals surface area contributed by atoms with Crippen molar-refractivity contribution in [2.24, 2.45) is 5.92 Å². The Hall–Kier alpha value is -2.60. The number of benzene rings is 1. The molecule has 2 heterocycles. The second-order valence-corrected chi connectivity index (χ2v) is 7.03. The Morgan fingerprint density at radius 3 is 2.78 bits per heavy atom. The highest BCUT2D eigenvalue weighted by atomic mass is 35.5. The first-order chi connectivity index (χ1) is 13.1. The molecule has 1 atom stereocenters. The molecule has 0 unspecified atom stereocenters. The molecule has 1 saturated heterocycles. The van der Waals surface area contributed by atoms with E-state index in [0.717, 1.165) is 11.3 Å². The van der Waals surface area contributed by atoms with Crippen LogP contribution in [0.3, 0.4) is 0 Å². The molecule has 3 rings (SSSR count). The molecule has 7 heteroatoms. The lowest BCUT2D eigenvalue weighted by Crippen LogP contribution is -2.46. The van der Waals surface area contributed by atoms with Gasteiger partial charge in [0.25, 0.3) is 0 Å². The lowest BCUT2D eigenvalue weighted by atomic mass is 9.96. The third-order valence-electron chi connectivity index (χ3n) is 4.57. The highest BCUT2D eigenvalue weighted by Crippen LogP contribution is 2.20. The number of aromatic nitrogens is 1. The molecular formula is C20H23ClN4O2. The Kier molecular flexibility index (Phi) is 6.65. The standard InChI is InChI=1S/C20H23ClN4O2/c21-17-6-3-15(4-7-17)13-25-14-16(5-8-19(25)26)20(27)24-11-10-23-18-2-1-9-22-12-18/h1-4,6-7,9,12,16,23H,5,8,10-11,13-14H2,(H,24,27)/t16-/m0/s1. The Bertz CT molecular complexity index is 767. The van der Waals surface area contributed by atoms with Gasteiger partial charge in [0.05, 0.1) is 11.6 Å². The number of piperidine rings is 1. The summed E-state index contributed by atoms with van der Waals surface area (Å²) in [5.74, 6) is -0.0859. The van der Waals surface area contributed by atoms with Crippen LogP contribution in [0, 0.1) is 5.92 Å². The molecule has 2 amide bonds. The highest BCUT2D eigenvalue weighted by molar-refractivity contribution is 6.30. The average molecular weight is 387 g/mol. The Balaban J connectivity index is 1.45. The molecule has 0 aliphatic carbocycles. The molecule has 0 bridgehead atoms. The number of likely N-dealkylation sites (tertiary alicyclic amines) is 1. The third kappa shape index (κ3) is 5.69. The van der Waals surface area contributed by atoms with Crippen molar-refractivity contribution in [3.63, 3.8) is 0 Å². The molecule has 6 nitrogen and oxygen atoms in total. The summed E-state index contributed by atoms with van der Waals surface area (Å²) in [6.45, 7) is 2.10. The molecule has 0 spiro atoms. The summed E-state index contributed by atoms with van der Waals surface area (Å²) < 4.78 is 0. The number of carbonyl (C=O) groups excluding carboxylic acids is 2. The van der Waals surface area contributed by atoms with E-state index in [4.69, 9.17) is 11.6 Å². The van der Waals surface area contributed by atoms with Crippen molar-refractivity contribution in [2.45, 2.75) is 19.4 Å². The number of rotatable bonds is 7. The van der Waals surface area contributed by atoms with Gasteiger partial charge in [-0.1, -0.05) is 23.7 Å². The molecule has 1 fully saturated rings. The lowest BCUT2D eigenvalue weighted by molar-refractivity contribution is -0.138. The van der Waals surface area contributed by atoms with Gasteiger partial charge >= 0.3 is 0 Å². The van der Waals surface area contributed by atoms with Crippen molar-refractivity contribution >= 4 is 29.1 Å². The van der Waals surface area contributed by atoms with Gasteiger partial charge in [-0.25, -0.2) is 0 Å². The maximum atomic E-state index is 12.5. The number of anilines is 1. The predicted octanol–water partition coefficient (Wildman–Crippen LogP) is 2.70. The fraction of sp³-hybridized carbons (Fsp3) is 0.350. The van der Waals surface area contributed by atoms with Crippen molar-refractivity contribution in [3.05, 3.63) is 59.4 Å². The van der Waals surface area contributed by atoms with Crippen molar-refractivity contribution < 1.29 is 9.59 Å². The van der Waals surface area contributed by atoms with E-state index in [9.17, 15) is 9.59 Å². The molecular weight excluding hydrogens is 364 g/mol. The van der Waals surface area contributed by atoms with E-state index in [-0.39, 0.29) is 17.7 Å². The molecule has 142 valence electrons. The van der Waals surface area contributed by atoms with Gasteiger partial charge in [-0.3, -0.25) is 14.6 Å². The Morgan fingerprint density at radius 1 is 1.22 bits per heavy atom. The summed E-state index contributed by atoms with van der Waals surface area (Å²) in [5, 5.41) is 6.82. The Labute approximate surface area is 163 Å². The average Bonchev–Trinajstić information content (AvgIpc) is 2.69. The van der Waals surface area contributed by atoms with Gasteiger partial charge in [-0.2, -0.15) is 0 Å². The molecule has 2 N–H and O–H groups in total. The third-order valence-corrected chi connectivity index (χ3v) is 4.82. The van der Waals surface area contributed by atoms with Crippen LogP contribution in [0.2, 0.25) is 5.02 Å². The minimum absolute atomic E-state index is 0.00315. The molecule has 1 aliphatic heterocycles. The highest BCUT2D eigenvalue weighted by Gasteiger charge is 2.29. The normalized spacial score (nSPS) is 16.9. The quantitative estimate of drug-likeness (QED) is 0.717. The maximum absolute atomic E-state index is 12.5. The van der Waals surface area contributed by atoms with Crippen LogP contribution < -0.4 is 10.6 Å². The van der Waals surface area contributed by atoms with Gasteiger partial charge in [-0.15, -0.1) is 0 Å². The van der Waals surface area contributed by atoms with E-state index in [1.807, 2.05) is 36.4 Å². The van der Waals surface area contributed by atoms with Gasteiger partial charge < -0.3 is 15.5 Å². The first-order valence-electron chi connectivity index (χ1n) is 9.05. The first kappa shape index (κ1) is 19.2. The van der Waals surface area contributed by atoms with E-state index in [1.165, 1.54) is 0 Å². The SMILES string of the molecule is O=C(NCCNc1cccnc1)[C@H]1CCC(=O)N(Cc2ccc(Cl)cc2)C1. The zero-order valence-corrected chi connectivity index (χ0v) is 15.8. The topological polar surface area (TPSA) is 74.3 Å². The van der Waals surface area contributed by atoms with Crippen LogP contribution in [0.4, 0.5) is 5.69 Å². The van der Waals surface area contributed by atoms with Crippen molar-refractivity contribution in [3.8, 4) is 0 Å². The number of hydrogen-bond acceptors (Lipinski definition) is 4. The number of pyridine rings is 1. The maximum Gasteiger partial charge on any atom is 0.224 e. The number of carbonyl (C=O) groups is 2. The summed E-state index contributed by atoms with van der Waals surface area (Å²) in [4.78, 5) is 30.4. The Morgan fingerprint density at radius 2 is 2.04 bits per heavy atom. The van der Waals surface area contributed by atoms with Crippen LogP contribution in [0.1, 0.15) is 18.4 Å². The first-order valence-corrected chi connectivity index (χ1v) is 9.43. The molecule has 0 saturated carbocycles. The minimum Gasteiger partial charge on any atom is -0.382 e. The number of halogens is 1. The van der Waals surface area contributed by atoms with Crippen LogP contribution in [-0.2, 0) is 16.1 Å². The molecule has 1 aromatic carbocycles. The van der Waals surface area contributed by atoms with E-state index in [1.54, 1.807) is 17.3 Å². The lowest BCUT2D eigenvalue weighted by Gasteiger charge is -2.32.